The van der Waals surface area contributed by atoms with E-state index in [0.29, 0.717) is 12.0 Å². The van der Waals surface area contributed by atoms with Crippen molar-refractivity contribution in [3.63, 3.8) is 0 Å². The summed E-state index contributed by atoms with van der Waals surface area (Å²) in [6.45, 7) is 6.31. The molecule has 0 unspecified atom stereocenters. The molecule has 0 radical (unpaired) electrons. The normalized spacial score (nSPS) is 16.8. The highest BCUT2D eigenvalue weighted by molar-refractivity contribution is 5.71. The Morgan fingerprint density at radius 2 is 2.06 bits per heavy atom. The van der Waals surface area contributed by atoms with Gasteiger partial charge in [-0.1, -0.05) is 6.92 Å². The molecule has 6 heteroatoms. The number of carbonyl (C=O) groups is 1. The van der Waals surface area contributed by atoms with Crippen molar-refractivity contribution >= 4 is 12.1 Å². The van der Waals surface area contributed by atoms with Gasteiger partial charge in [0.25, 0.3) is 0 Å². The van der Waals surface area contributed by atoms with E-state index in [-0.39, 0.29) is 0 Å². The molecule has 18 heavy (non-hydrogen) atoms. The number of anilines is 1. The summed E-state index contributed by atoms with van der Waals surface area (Å²) in [6.07, 6.45) is 4.88. The number of aldehydes is 1. The third-order valence-electron chi connectivity index (χ3n) is 2.82. The van der Waals surface area contributed by atoms with E-state index in [1.165, 1.54) is 6.20 Å². The van der Waals surface area contributed by atoms with E-state index in [2.05, 4.69) is 21.8 Å². The Morgan fingerprint density at radius 3 is 2.61 bits per heavy atom. The van der Waals surface area contributed by atoms with Crippen LogP contribution in [0.3, 0.4) is 0 Å². The Labute approximate surface area is 107 Å². The summed E-state index contributed by atoms with van der Waals surface area (Å²) in [5, 5.41) is 1.99. The average molecular weight is 250 g/mol. The van der Waals surface area contributed by atoms with Crippen LogP contribution in [0.5, 0.6) is 0 Å². The fourth-order valence-electron chi connectivity index (χ4n) is 1.82. The maximum absolute atomic E-state index is 10.5. The lowest BCUT2D eigenvalue weighted by Crippen LogP contribution is -2.46. The number of nitrogens with zero attached hydrogens (tertiary/aromatic N) is 4. The van der Waals surface area contributed by atoms with Crippen LogP contribution in [0.25, 0.3) is 0 Å². The van der Waals surface area contributed by atoms with E-state index >= 15 is 0 Å². The van der Waals surface area contributed by atoms with Crippen LogP contribution in [0.2, 0.25) is 0 Å². The maximum Gasteiger partial charge on any atom is 0.170 e. The predicted octanol–water partition coefficient (Wildman–Crippen LogP) is 0.753. The second-order valence-electron chi connectivity index (χ2n) is 4.17. The van der Waals surface area contributed by atoms with Crippen molar-refractivity contribution in [3.8, 4) is 0 Å². The van der Waals surface area contributed by atoms with E-state index < -0.39 is 0 Å². The summed E-state index contributed by atoms with van der Waals surface area (Å²) in [5.41, 5.74) is 0.365. The van der Waals surface area contributed by atoms with Crippen molar-refractivity contribution < 1.29 is 9.63 Å². The summed E-state index contributed by atoms with van der Waals surface area (Å²) >= 11 is 0. The van der Waals surface area contributed by atoms with Crippen LogP contribution in [0, 0.1) is 0 Å². The molecule has 1 aliphatic rings. The monoisotopic (exact) mass is 250 g/mol. The Hall–Kier alpha value is -1.53. The first kappa shape index (κ1) is 12.9. The second kappa shape index (κ2) is 6.42. The minimum atomic E-state index is 0.365. The molecule has 0 aromatic carbocycles. The van der Waals surface area contributed by atoms with Crippen LogP contribution in [-0.4, -0.2) is 54.1 Å². The Kier molecular flexibility index (Phi) is 4.60. The summed E-state index contributed by atoms with van der Waals surface area (Å²) < 4.78 is 0. The molecule has 2 rings (SSSR count). The van der Waals surface area contributed by atoms with Crippen molar-refractivity contribution in [2.24, 2.45) is 0 Å². The van der Waals surface area contributed by atoms with E-state index in [9.17, 15) is 4.79 Å². The number of aromatic nitrogens is 2. The van der Waals surface area contributed by atoms with Gasteiger partial charge in [0.1, 0.15) is 11.5 Å². The number of hydroxylamine groups is 2. The minimum Gasteiger partial charge on any atom is -0.353 e. The molecule has 1 aromatic rings. The van der Waals surface area contributed by atoms with Gasteiger partial charge >= 0.3 is 0 Å². The largest absolute Gasteiger partial charge is 0.353 e. The highest BCUT2D eigenvalue weighted by Crippen LogP contribution is 2.12. The molecule has 0 saturated carbocycles. The fourth-order valence-corrected chi connectivity index (χ4v) is 1.82. The van der Waals surface area contributed by atoms with Crippen molar-refractivity contribution in [3.05, 3.63) is 18.1 Å². The van der Waals surface area contributed by atoms with Crippen LogP contribution in [0.1, 0.15) is 23.8 Å². The highest BCUT2D eigenvalue weighted by Gasteiger charge is 2.18. The number of carbonyl (C=O) groups excluding carboxylic acids is 1. The minimum absolute atomic E-state index is 0.365. The van der Waals surface area contributed by atoms with Crippen molar-refractivity contribution in [2.75, 3.05) is 37.7 Å². The zero-order chi connectivity index (χ0) is 12.8. The zero-order valence-corrected chi connectivity index (χ0v) is 10.6. The number of rotatable bonds is 5. The van der Waals surface area contributed by atoms with Crippen LogP contribution < -0.4 is 4.90 Å². The first-order valence-corrected chi connectivity index (χ1v) is 6.23. The van der Waals surface area contributed by atoms with Gasteiger partial charge in [0, 0.05) is 26.2 Å². The average Bonchev–Trinajstić information content (AvgIpc) is 2.46. The molecule has 0 spiro atoms. The molecule has 1 fully saturated rings. The van der Waals surface area contributed by atoms with Gasteiger partial charge in [-0.3, -0.25) is 9.63 Å². The van der Waals surface area contributed by atoms with Gasteiger partial charge in [0.05, 0.1) is 19.0 Å². The van der Waals surface area contributed by atoms with Gasteiger partial charge in [-0.2, -0.15) is 5.06 Å². The summed E-state index contributed by atoms with van der Waals surface area (Å²) in [5.74, 6) is 0.816. The van der Waals surface area contributed by atoms with E-state index in [1.807, 2.05) is 5.06 Å². The SMILES string of the molecule is CCCON1CCN(c2cnc(C=O)cn2)CC1. The van der Waals surface area contributed by atoms with Gasteiger partial charge in [0.2, 0.25) is 0 Å². The Balaban J connectivity index is 1.86. The van der Waals surface area contributed by atoms with Gasteiger partial charge in [-0.15, -0.1) is 0 Å². The zero-order valence-electron chi connectivity index (χ0n) is 10.6. The number of piperazine rings is 1. The molecule has 0 N–H and O–H groups in total. The smallest absolute Gasteiger partial charge is 0.170 e. The molecule has 0 atom stereocenters. The topological polar surface area (TPSA) is 58.6 Å². The lowest BCUT2D eigenvalue weighted by Gasteiger charge is -2.34. The molecule has 1 saturated heterocycles. The van der Waals surface area contributed by atoms with Gasteiger partial charge in [-0.05, 0) is 6.42 Å². The number of hydrogen-bond donors (Lipinski definition) is 0. The molecule has 1 aliphatic heterocycles. The van der Waals surface area contributed by atoms with Gasteiger partial charge in [0.15, 0.2) is 6.29 Å². The molecule has 0 amide bonds. The third-order valence-corrected chi connectivity index (χ3v) is 2.82. The standard InChI is InChI=1S/C12H18N4O2/c1-2-7-18-16-5-3-15(4-6-16)12-9-13-11(10-17)8-14-12/h8-10H,2-7H2,1H3. The van der Waals surface area contributed by atoms with E-state index in [4.69, 9.17) is 4.84 Å². The fraction of sp³-hybridized carbons (Fsp3) is 0.583. The second-order valence-corrected chi connectivity index (χ2v) is 4.17. The molecule has 2 heterocycles. The molecular weight excluding hydrogens is 232 g/mol. The van der Waals surface area contributed by atoms with E-state index in [1.54, 1.807) is 6.20 Å². The first-order valence-electron chi connectivity index (χ1n) is 6.23. The molecule has 0 bridgehead atoms. The van der Waals surface area contributed by atoms with Crippen LogP contribution >= 0.6 is 0 Å². The lowest BCUT2D eigenvalue weighted by molar-refractivity contribution is -0.161. The quantitative estimate of drug-likeness (QED) is 0.719. The van der Waals surface area contributed by atoms with Crippen LogP contribution in [-0.2, 0) is 4.84 Å². The van der Waals surface area contributed by atoms with Crippen molar-refractivity contribution in [1.82, 2.24) is 15.0 Å². The molecule has 98 valence electrons. The number of hydrogen-bond acceptors (Lipinski definition) is 6. The van der Waals surface area contributed by atoms with Crippen LogP contribution in [0.4, 0.5) is 5.82 Å². The summed E-state index contributed by atoms with van der Waals surface area (Å²) in [7, 11) is 0. The molecule has 6 nitrogen and oxygen atoms in total. The highest BCUT2D eigenvalue weighted by atomic mass is 16.7. The summed E-state index contributed by atoms with van der Waals surface area (Å²) in [4.78, 5) is 26.5. The third kappa shape index (κ3) is 3.24. The Bertz CT molecular complexity index is 374. The summed E-state index contributed by atoms with van der Waals surface area (Å²) in [6, 6.07) is 0. The lowest BCUT2D eigenvalue weighted by atomic mass is 10.3. The van der Waals surface area contributed by atoms with Crippen molar-refractivity contribution in [2.45, 2.75) is 13.3 Å². The molecular formula is C12H18N4O2. The predicted molar refractivity (Wildman–Crippen MR) is 67.4 cm³/mol. The van der Waals surface area contributed by atoms with Crippen LogP contribution in [0.15, 0.2) is 12.4 Å². The first-order chi connectivity index (χ1) is 8.83. The van der Waals surface area contributed by atoms with Crippen molar-refractivity contribution in [1.29, 1.82) is 0 Å². The van der Waals surface area contributed by atoms with Gasteiger partial charge in [-0.25, -0.2) is 9.97 Å². The van der Waals surface area contributed by atoms with E-state index in [0.717, 1.165) is 45.0 Å². The molecule has 1 aromatic heterocycles. The Morgan fingerprint density at radius 1 is 1.28 bits per heavy atom. The van der Waals surface area contributed by atoms with Gasteiger partial charge < -0.3 is 4.90 Å². The molecule has 0 aliphatic carbocycles. The maximum atomic E-state index is 10.5.